The van der Waals surface area contributed by atoms with Gasteiger partial charge in [0.25, 0.3) is 0 Å². The Morgan fingerprint density at radius 1 is 1.24 bits per heavy atom. The Kier molecular flexibility index (Phi) is 6.01. The first-order valence-electron chi connectivity index (χ1n) is 9.87. The van der Waals surface area contributed by atoms with E-state index in [4.69, 9.17) is 0 Å². The van der Waals surface area contributed by atoms with Gasteiger partial charge in [0.05, 0.1) is 12.8 Å². The number of aryl methyl sites for hydroxylation is 1. The second-order valence-electron chi connectivity index (χ2n) is 8.27. The molecule has 0 radical (unpaired) electrons. The van der Waals surface area contributed by atoms with Crippen molar-refractivity contribution < 1.29 is 22.4 Å². The number of amides is 2. The minimum atomic E-state index is -3.67. The summed E-state index contributed by atoms with van der Waals surface area (Å²) in [6, 6.07) is 4.00. The molecule has 7 nitrogen and oxygen atoms in total. The van der Waals surface area contributed by atoms with Crippen molar-refractivity contribution in [2.24, 2.45) is 0 Å². The molecule has 0 bridgehead atoms. The number of hydrogen-bond acceptors (Lipinski definition) is 4. The highest BCUT2D eigenvalue weighted by Gasteiger charge is 2.51. The molecule has 2 amide bonds. The van der Waals surface area contributed by atoms with Gasteiger partial charge < -0.3 is 5.32 Å². The number of nitrogens with zero attached hydrogens (tertiary/aromatic N) is 2. The van der Waals surface area contributed by atoms with E-state index in [2.05, 4.69) is 5.32 Å². The van der Waals surface area contributed by atoms with Gasteiger partial charge in [0.2, 0.25) is 21.8 Å². The lowest BCUT2D eigenvalue weighted by Crippen LogP contribution is -2.70. The number of carbonyl (C=O) groups excluding carboxylic acids is 2. The fourth-order valence-corrected chi connectivity index (χ4v) is 5.06. The Balaban J connectivity index is 2.01. The third kappa shape index (κ3) is 4.45. The molecule has 1 N–H and O–H groups in total. The SMILES string of the molecule is Cc1cc(F)ccc1N1C(=O)CN(S(C)(=O)=O)C[C@]1(C)C(=O)NC1CCCCC1. The summed E-state index contributed by atoms with van der Waals surface area (Å²) in [7, 11) is -3.67. The summed E-state index contributed by atoms with van der Waals surface area (Å²) in [6.07, 6.45) is 5.93. The van der Waals surface area contributed by atoms with Crippen molar-refractivity contribution in [3.8, 4) is 0 Å². The molecule has 0 spiro atoms. The van der Waals surface area contributed by atoms with Crippen molar-refractivity contribution in [2.75, 3.05) is 24.2 Å². The molecule has 1 atom stereocenters. The maximum absolute atomic E-state index is 13.6. The Morgan fingerprint density at radius 2 is 1.90 bits per heavy atom. The molecule has 3 rings (SSSR count). The van der Waals surface area contributed by atoms with Gasteiger partial charge in [-0.25, -0.2) is 12.8 Å². The number of rotatable bonds is 4. The van der Waals surface area contributed by atoms with Crippen LogP contribution < -0.4 is 10.2 Å². The molecular formula is C20H28FN3O4S. The highest BCUT2D eigenvalue weighted by atomic mass is 32.2. The van der Waals surface area contributed by atoms with E-state index in [1.54, 1.807) is 13.8 Å². The van der Waals surface area contributed by atoms with Crippen LogP contribution in [0.2, 0.25) is 0 Å². The first kappa shape index (κ1) is 21.7. The molecule has 1 saturated carbocycles. The number of sulfonamides is 1. The molecule has 160 valence electrons. The number of hydrogen-bond donors (Lipinski definition) is 1. The van der Waals surface area contributed by atoms with Crippen LogP contribution in [0.1, 0.15) is 44.6 Å². The van der Waals surface area contributed by atoms with Crippen LogP contribution in [0.5, 0.6) is 0 Å². The first-order chi connectivity index (χ1) is 13.5. The summed E-state index contributed by atoms with van der Waals surface area (Å²) in [6.45, 7) is 2.71. The van der Waals surface area contributed by atoms with Gasteiger partial charge in [-0.3, -0.25) is 14.5 Å². The van der Waals surface area contributed by atoms with E-state index in [-0.39, 0.29) is 19.1 Å². The largest absolute Gasteiger partial charge is 0.351 e. The highest BCUT2D eigenvalue weighted by Crippen LogP contribution is 2.33. The number of halogens is 1. The smallest absolute Gasteiger partial charge is 0.247 e. The molecule has 1 aromatic carbocycles. The fourth-order valence-electron chi connectivity index (χ4n) is 4.23. The summed E-state index contributed by atoms with van der Waals surface area (Å²) >= 11 is 0. The van der Waals surface area contributed by atoms with Crippen LogP contribution >= 0.6 is 0 Å². The average Bonchev–Trinajstić information content (AvgIpc) is 2.63. The monoisotopic (exact) mass is 425 g/mol. The quantitative estimate of drug-likeness (QED) is 0.799. The number of benzene rings is 1. The minimum absolute atomic E-state index is 0.00736. The zero-order valence-electron chi connectivity index (χ0n) is 17.1. The predicted octanol–water partition coefficient (Wildman–Crippen LogP) is 1.95. The third-order valence-corrected chi connectivity index (χ3v) is 7.03. The molecule has 1 heterocycles. The maximum atomic E-state index is 13.6. The Bertz CT molecular complexity index is 914. The van der Waals surface area contributed by atoms with Gasteiger partial charge >= 0.3 is 0 Å². The fraction of sp³-hybridized carbons (Fsp3) is 0.600. The molecule has 2 aliphatic rings. The Labute approximate surface area is 171 Å². The van der Waals surface area contributed by atoms with Crippen LogP contribution in [0.15, 0.2) is 18.2 Å². The predicted molar refractivity (Wildman–Crippen MR) is 108 cm³/mol. The van der Waals surface area contributed by atoms with Crippen molar-refractivity contribution in [2.45, 2.75) is 57.5 Å². The summed E-state index contributed by atoms with van der Waals surface area (Å²) in [4.78, 5) is 27.7. The topological polar surface area (TPSA) is 86.8 Å². The van der Waals surface area contributed by atoms with Crippen LogP contribution in [-0.4, -0.2) is 55.5 Å². The minimum Gasteiger partial charge on any atom is -0.351 e. The summed E-state index contributed by atoms with van der Waals surface area (Å²) < 4.78 is 39.0. The summed E-state index contributed by atoms with van der Waals surface area (Å²) in [5.74, 6) is -1.35. The zero-order chi connectivity index (χ0) is 21.4. The van der Waals surface area contributed by atoms with E-state index < -0.39 is 33.2 Å². The van der Waals surface area contributed by atoms with E-state index in [1.807, 2.05) is 0 Å². The van der Waals surface area contributed by atoms with Gasteiger partial charge in [0, 0.05) is 18.3 Å². The molecule has 0 aromatic heterocycles. The van der Waals surface area contributed by atoms with Crippen LogP contribution in [0.25, 0.3) is 0 Å². The Morgan fingerprint density at radius 3 is 2.48 bits per heavy atom. The van der Waals surface area contributed by atoms with Gasteiger partial charge in [0.15, 0.2) is 0 Å². The normalized spacial score (nSPS) is 24.6. The van der Waals surface area contributed by atoms with Gasteiger partial charge in [-0.1, -0.05) is 19.3 Å². The van der Waals surface area contributed by atoms with E-state index in [0.717, 1.165) is 42.7 Å². The van der Waals surface area contributed by atoms with E-state index in [9.17, 15) is 22.4 Å². The van der Waals surface area contributed by atoms with Gasteiger partial charge in [-0.15, -0.1) is 0 Å². The molecule has 1 aliphatic carbocycles. The second kappa shape index (κ2) is 8.02. The molecule has 1 aliphatic heterocycles. The van der Waals surface area contributed by atoms with Crippen LogP contribution in [0.3, 0.4) is 0 Å². The molecule has 2 fully saturated rings. The lowest BCUT2D eigenvalue weighted by atomic mass is 9.91. The zero-order valence-corrected chi connectivity index (χ0v) is 17.9. The van der Waals surface area contributed by atoms with Crippen molar-refractivity contribution in [1.82, 2.24) is 9.62 Å². The lowest BCUT2D eigenvalue weighted by Gasteiger charge is -2.47. The standard InChI is InChI=1S/C20H28FN3O4S/c1-14-11-15(21)9-10-17(14)24-18(25)12-23(29(3,27)28)13-20(24,2)19(26)22-16-7-5-4-6-8-16/h9-11,16H,4-8,12-13H2,1-3H3,(H,22,26)/t20-/m1/s1. The van der Waals surface area contributed by atoms with Crippen molar-refractivity contribution in [3.05, 3.63) is 29.6 Å². The van der Waals surface area contributed by atoms with E-state index >= 15 is 0 Å². The molecule has 29 heavy (non-hydrogen) atoms. The second-order valence-corrected chi connectivity index (χ2v) is 10.3. The van der Waals surface area contributed by atoms with Gasteiger partial charge in [-0.05, 0) is 50.5 Å². The van der Waals surface area contributed by atoms with E-state index in [1.165, 1.54) is 23.1 Å². The van der Waals surface area contributed by atoms with Crippen molar-refractivity contribution >= 4 is 27.5 Å². The van der Waals surface area contributed by atoms with Crippen molar-refractivity contribution in [1.29, 1.82) is 0 Å². The third-order valence-electron chi connectivity index (χ3n) is 5.84. The Hall–Kier alpha value is -2.00. The van der Waals surface area contributed by atoms with Crippen LogP contribution in [-0.2, 0) is 19.6 Å². The lowest BCUT2D eigenvalue weighted by molar-refractivity contribution is -0.133. The number of piperazine rings is 1. The van der Waals surface area contributed by atoms with Gasteiger partial charge in [0.1, 0.15) is 11.4 Å². The van der Waals surface area contributed by atoms with Gasteiger partial charge in [-0.2, -0.15) is 4.31 Å². The highest BCUT2D eigenvalue weighted by molar-refractivity contribution is 7.88. The number of anilines is 1. The van der Waals surface area contributed by atoms with Crippen LogP contribution in [0.4, 0.5) is 10.1 Å². The molecular weight excluding hydrogens is 397 g/mol. The first-order valence-corrected chi connectivity index (χ1v) is 11.7. The van der Waals surface area contributed by atoms with Crippen molar-refractivity contribution in [3.63, 3.8) is 0 Å². The molecule has 1 saturated heterocycles. The van der Waals surface area contributed by atoms with Crippen LogP contribution in [0, 0.1) is 12.7 Å². The van der Waals surface area contributed by atoms with E-state index in [0.29, 0.717) is 11.3 Å². The summed E-state index contributed by atoms with van der Waals surface area (Å²) in [5.41, 5.74) is -0.535. The number of nitrogens with one attached hydrogen (secondary N) is 1. The molecule has 0 unspecified atom stereocenters. The molecule has 9 heteroatoms. The average molecular weight is 426 g/mol. The molecule has 1 aromatic rings. The number of carbonyl (C=O) groups is 2. The summed E-state index contributed by atoms with van der Waals surface area (Å²) in [5, 5.41) is 3.02. The maximum Gasteiger partial charge on any atom is 0.247 e.